The largest absolute Gasteiger partial charge is 0.482 e. The molecule has 0 saturated heterocycles. The second-order valence-electron chi connectivity index (χ2n) is 5.74. The fourth-order valence-corrected chi connectivity index (χ4v) is 1.78. The van der Waals surface area contributed by atoms with Crippen molar-refractivity contribution in [2.45, 2.75) is 39.8 Å². The zero-order valence-corrected chi connectivity index (χ0v) is 13.9. The number of benzene rings is 1. The molecule has 1 amide bonds. The Balaban J connectivity index is 2.40. The topological polar surface area (TPSA) is 84.9 Å². The molecule has 6 heteroatoms. The summed E-state index contributed by atoms with van der Waals surface area (Å²) in [6.45, 7) is 6.44. The minimum Gasteiger partial charge on any atom is -0.482 e. The highest BCUT2D eigenvalue weighted by Gasteiger charge is 2.13. The van der Waals surface area contributed by atoms with Gasteiger partial charge in [-0.25, -0.2) is 4.79 Å². The summed E-state index contributed by atoms with van der Waals surface area (Å²) >= 11 is 0. The van der Waals surface area contributed by atoms with Crippen molar-refractivity contribution in [3.63, 3.8) is 0 Å². The molecule has 1 atom stereocenters. The molecule has 128 valence electrons. The van der Waals surface area contributed by atoms with Crippen molar-refractivity contribution in [3.8, 4) is 5.75 Å². The summed E-state index contributed by atoms with van der Waals surface area (Å²) in [5.41, 5.74) is 0.829. The molecule has 0 radical (unpaired) electrons. The Morgan fingerprint density at radius 3 is 2.65 bits per heavy atom. The molecule has 0 aliphatic heterocycles. The molecule has 1 aromatic rings. The Hall–Kier alpha value is -2.08. The highest BCUT2D eigenvalue weighted by atomic mass is 16.5. The molecule has 0 fully saturated rings. The van der Waals surface area contributed by atoms with Gasteiger partial charge in [-0.2, -0.15) is 0 Å². The summed E-state index contributed by atoms with van der Waals surface area (Å²) in [7, 11) is 0. The SMILES string of the molecule is CC(C)CCOC(C)C(=O)NCc1cccc(OCC(=O)O)c1. The number of aliphatic carboxylic acids is 1. The van der Waals surface area contributed by atoms with Crippen LogP contribution in [0, 0.1) is 5.92 Å². The lowest BCUT2D eigenvalue weighted by Crippen LogP contribution is -2.34. The third-order valence-corrected chi connectivity index (χ3v) is 3.16. The number of carboxylic acid groups (broad SMARTS) is 1. The van der Waals surface area contributed by atoms with Crippen LogP contribution in [0.1, 0.15) is 32.8 Å². The molecule has 2 N–H and O–H groups in total. The standard InChI is InChI=1S/C17H25NO5/c1-12(2)7-8-22-13(3)17(21)18-10-14-5-4-6-15(9-14)23-11-16(19)20/h4-6,9,12-13H,7-8,10-11H2,1-3H3,(H,18,21)(H,19,20). The lowest BCUT2D eigenvalue weighted by atomic mass is 10.1. The maximum absolute atomic E-state index is 11.9. The molecule has 6 nitrogen and oxygen atoms in total. The van der Waals surface area contributed by atoms with Gasteiger partial charge in [0.15, 0.2) is 6.61 Å². The molecule has 0 saturated carbocycles. The first-order chi connectivity index (χ1) is 10.9. The van der Waals surface area contributed by atoms with Crippen LogP contribution in [0.15, 0.2) is 24.3 Å². The van der Waals surface area contributed by atoms with Gasteiger partial charge in [-0.15, -0.1) is 0 Å². The molecule has 0 spiro atoms. The average molecular weight is 323 g/mol. The Kier molecular flexibility index (Phi) is 8.11. The van der Waals surface area contributed by atoms with E-state index in [0.29, 0.717) is 24.8 Å². The van der Waals surface area contributed by atoms with E-state index in [9.17, 15) is 9.59 Å². The quantitative estimate of drug-likeness (QED) is 0.689. The molecule has 0 aliphatic carbocycles. The van der Waals surface area contributed by atoms with Gasteiger partial charge in [0.25, 0.3) is 0 Å². The van der Waals surface area contributed by atoms with Gasteiger partial charge in [0.2, 0.25) is 5.91 Å². The first kappa shape index (κ1) is 19.0. The van der Waals surface area contributed by atoms with Crippen molar-refractivity contribution < 1.29 is 24.2 Å². The predicted molar refractivity (Wildman–Crippen MR) is 86.3 cm³/mol. The third kappa shape index (κ3) is 8.21. The van der Waals surface area contributed by atoms with Crippen LogP contribution < -0.4 is 10.1 Å². The van der Waals surface area contributed by atoms with Crippen molar-refractivity contribution in [1.82, 2.24) is 5.32 Å². The zero-order chi connectivity index (χ0) is 17.2. The van der Waals surface area contributed by atoms with Crippen LogP contribution in [0.2, 0.25) is 0 Å². The third-order valence-electron chi connectivity index (χ3n) is 3.16. The molecule has 0 heterocycles. The maximum atomic E-state index is 11.9. The first-order valence-corrected chi connectivity index (χ1v) is 7.71. The van der Waals surface area contributed by atoms with Gasteiger partial charge in [-0.05, 0) is 37.0 Å². The number of amides is 1. The van der Waals surface area contributed by atoms with Crippen LogP contribution in [0.25, 0.3) is 0 Å². The van der Waals surface area contributed by atoms with Gasteiger partial charge in [0.05, 0.1) is 0 Å². The zero-order valence-electron chi connectivity index (χ0n) is 13.9. The lowest BCUT2D eigenvalue weighted by Gasteiger charge is -2.14. The number of carbonyl (C=O) groups excluding carboxylic acids is 1. The normalized spacial score (nSPS) is 12.0. The van der Waals surface area contributed by atoms with E-state index in [0.717, 1.165) is 12.0 Å². The molecular weight excluding hydrogens is 298 g/mol. The fourth-order valence-electron chi connectivity index (χ4n) is 1.78. The predicted octanol–water partition coefficient (Wildman–Crippen LogP) is 2.22. The van der Waals surface area contributed by atoms with Crippen LogP contribution >= 0.6 is 0 Å². The van der Waals surface area contributed by atoms with Crippen molar-refractivity contribution >= 4 is 11.9 Å². The van der Waals surface area contributed by atoms with Crippen LogP contribution in [0.5, 0.6) is 5.75 Å². The smallest absolute Gasteiger partial charge is 0.341 e. The number of ether oxygens (including phenoxy) is 2. The van der Waals surface area contributed by atoms with Crippen LogP contribution in [0.4, 0.5) is 0 Å². The maximum Gasteiger partial charge on any atom is 0.341 e. The number of hydrogen-bond acceptors (Lipinski definition) is 4. The summed E-state index contributed by atoms with van der Waals surface area (Å²) in [6, 6.07) is 6.96. The van der Waals surface area contributed by atoms with Crippen molar-refractivity contribution in [3.05, 3.63) is 29.8 Å². The number of hydrogen-bond donors (Lipinski definition) is 2. The highest BCUT2D eigenvalue weighted by Crippen LogP contribution is 2.13. The number of carbonyl (C=O) groups is 2. The van der Waals surface area contributed by atoms with E-state index in [-0.39, 0.29) is 5.91 Å². The van der Waals surface area contributed by atoms with E-state index < -0.39 is 18.7 Å². The molecule has 1 rings (SSSR count). The summed E-state index contributed by atoms with van der Waals surface area (Å²) in [5, 5.41) is 11.4. The van der Waals surface area contributed by atoms with Gasteiger partial charge >= 0.3 is 5.97 Å². The highest BCUT2D eigenvalue weighted by molar-refractivity contribution is 5.80. The summed E-state index contributed by atoms with van der Waals surface area (Å²) in [6.07, 6.45) is 0.417. The number of nitrogens with one attached hydrogen (secondary N) is 1. The molecule has 1 aromatic carbocycles. The minimum atomic E-state index is -1.03. The fraction of sp³-hybridized carbons (Fsp3) is 0.529. The van der Waals surface area contributed by atoms with E-state index in [1.807, 2.05) is 6.07 Å². The minimum absolute atomic E-state index is 0.175. The van der Waals surface area contributed by atoms with Crippen LogP contribution in [-0.2, 0) is 20.9 Å². The van der Waals surface area contributed by atoms with Crippen molar-refractivity contribution in [1.29, 1.82) is 0 Å². The van der Waals surface area contributed by atoms with E-state index >= 15 is 0 Å². The second kappa shape index (κ2) is 9.84. The molecule has 23 heavy (non-hydrogen) atoms. The molecular formula is C17H25NO5. The molecule has 0 aromatic heterocycles. The molecule has 1 unspecified atom stereocenters. The van der Waals surface area contributed by atoms with Gasteiger partial charge in [-0.3, -0.25) is 4.79 Å². The molecule has 0 bridgehead atoms. The van der Waals surface area contributed by atoms with E-state index in [1.165, 1.54) is 0 Å². The Bertz CT molecular complexity index is 515. The van der Waals surface area contributed by atoms with Gasteiger partial charge in [-0.1, -0.05) is 26.0 Å². The van der Waals surface area contributed by atoms with Crippen molar-refractivity contribution in [2.75, 3.05) is 13.2 Å². The first-order valence-electron chi connectivity index (χ1n) is 7.71. The Morgan fingerprint density at radius 2 is 2.00 bits per heavy atom. The van der Waals surface area contributed by atoms with Crippen LogP contribution in [0.3, 0.4) is 0 Å². The van der Waals surface area contributed by atoms with E-state index in [1.54, 1.807) is 25.1 Å². The van der Waals surface area contributed by atoms with Gasteiger partial charge in [0.1, 0.15) is 11.9 Å². The molecule has 0 aliphatic rings. The van der Waals surface area contributed by atoms with Crippen molar-refractivity contribution in [2.24, 2.45) is 5.92 Å². The second-order valence-corrected chi connectivity index (χ2v) is 5.74. The van der Waals surface area contributed by atoms with Gasteiger partial charge < -0.3 is 19.9 Å². The summed E-state index contributed by atoms with van der Waals surface area (Å²) in [4.78, 5) is 22.4. The van der Waals surface area contributed by atoms with E-state index in [4.69, 9.17) is 14.6 Å². The number of rotatable bonds is 10. The average Bonchev–Trinajstić information content (AvgIpc) is 2.50. The lowest BCUT2D eigenvalue weighted by molar-refractivity contribution is -0.139. The van der Waals surface area contributed by atoms with E-state index in [2.05, 4.69) is 19.2 Å². The van der Waals surface area contributed by atoms with Gasteiger partial charge in [0, 0.05) is 13.2 Å². The summed E-state index contributed by atoms with van der Waals surface area (Å²) in [5.74, 6) is -0.208. The Morgan fingerprint density at radius 1 is 1.26 bits per heavy atom. The summed E-state index contributed by atoms with van der Waals surface area (Å²) < 4.78 is 10.6. The number of carboxylic acids is 1. The Labute approximate surface area is 136 Å². The van der Waals surface area contributed by atoms with Crippen LogP contribution in [-0.4, -0.2) is 36.3 Å². The monoisotopic (exact) mass is 323 g/mol.